The van der Waals surface area contributed by atoms with Crippen molar-refractivity contribution in [3.63, 3.8) is 0 Å². The SMILES string of the molecule is CNc1cc(=O)c(CNC(C)=O)c2n1CCC2. The predicted octanol–water partition coefficient (Wildman–Crippen LogP) is 0.472. The van der Waals surface area contributed by atoms with Gasteiger partial charge < -0.3 is 15.2 Å². The third-order valence-corrected chi connectivity index (χ3v) is 3.10. The second-order valence-electron chi connectivity index (χ2n) is 4.23. The number of hydrogen-bond donors (Lipinski definition) is 2. The van der Waals surface area contributed by atoms with E-state index in [4.69, 9.17) is 0 Å². The molecule has 0 bridgehead atoms. The molecule has 1 aliphatic heterocycles. The Balaban J connectivity index is 2.42. The van der Waals surface area contributed by atoms with E-state index in [1.807, 2.05) is 7.05 Å². The Hall–Kier alpha value is -1.78. The summed E-state index contributed by atoms with van der Waals surface area (Å²) in [5.74, 6) is 0.743. The zero-order chi connectivity index (χ0) is 12.4. The van der Waals surface area contributed by atoms with Gasteiger partial charge in [-0.05, 0) is 12.8 Å². The number of rotatable bonds is 3. The Labute approximate surface area is 99.8 Å². The van der Waals surface area contributed by atoms with Gasteiger partial charge in [0, 0.05) is 44.4 Å². The molecule has 0 aliphatic carbocycles. The van der Waals surface area contributed by atoms with Crippen LogP contribution in [0.15, 0.2) is 10.9 Å². The molecule has 0 fully saturated rings. The molecule has 5 nitrogen and oxygen atoms in total. The lowest BCUT2D eigenvalue weighted by molar-refractivity contribution is -0.119. The number of amides is 1. The summed E-state index contributed by atoms with van der Waals surface area (Å²) in [5, 5.41) is 5.73. The van der Waals surface area contributed by atoms with Crippen LogP contribution in [-0.4, -0.2) is 17.5 Å². The minimum Gasteiger partial charge on any atom is -0.374 e. The fraction of sp³-hybridized carbons (Fsp3) is 0.500. The van der Waals surface area contributed by atoms with Crippen LogP contribution in [0.4, 0.5) is 5.82 Å². The molecule has 0 saturated heterocycles. The summed E-state index contributed by atoms with van der Waals surface area (Å²) in [7, 11) is 1.81. The molecule has 5 heteroatoms. The van der Waals surface area contributed by atoms with E-state index in [9.17, 15) is 9.59 Å². The van der Waals surface area contributed by atoms with Gasteiger partial charge in [-0.25, -0.2) is 0 Å². The highest BCUT2D eigenvalue weighted by Crippen LogP contribution is 2.21. The summed E-state index contributed by atoms with van der Waals surface area (Å²) >= 11 is 0. The highest BCUT2D eigenvalue weighted by Gasteiger charge is 2.19. The smallest absolute Gasteiger partial charge is 0.217 e. The molecule has 0 spiro atoms. The van der Waals surface area contributed by atoms with Crippen LogP contribution in [0.2, 0.25) is 0 Å². The quantitative estimate of drug-likeness (QED) is 0.800. The number of carbonyl (C=O) groups excluding carboxylic acids is 1. The number of nitrogens with one attached hydrogen (secondary N) is 2. The van der Waals surface area contributed by atoms with Crippen molar-refractivity contribution in [2.24, 2.45) is 0 Å². The van der Waals surface area contributed by atoms with Crippen LogP contribution in [0.3, 0.4) is 0 Å². The first-order chi connectivity index (χ1) is 8.13. The maximum Gasteiger partial charge on any atom is 0.217 e. The molecule has 0 saturated carbocycles. The van der Waals surface area contributed by atoms with Gasteiger partial charge in [0.25, 0.3) is 0 Å². The molecule has 17 heavy (non-hydrogen) atoms. The van der Waals surface area contributed by atoms with Crippen LogP contribution >= 0.6 is 0 Å². The average molecular weight is 235 g/mol. The van der Waals surface area contributed by atoms with Gasteiger partial charge in [0.05, 0.1) is 0 Å². The first-order valence-corrected chi connectivity index (χ1v) is 5.81. The Morgan fingerprint density at radius 1 is 1.53 bits per heavy atom. The molecule has 2 N–H and O–H groups in total. The Kier molecular flexibility index (Phi) is 3.17. The topological polar surface area (TPSA) is 63.1 Å². The van der Waals surface area contributed by atoms with Gasteiger partial charge in [0.15, 0.2) is 5.43 Å². The summed E-state index contributed by atoms with van der Waals surface area (Å²) in [4.78, 5) is 22.9. The number of fused-ring (bicyclic) bond motifs is 1. The largest absolute Gasteiger partial charge is 0.374 e. The molecule has 0 aromatic carbocycles. The fourth-order valence-corrected chi connectivity index (χ4v) is 2.29. The zero-order valence-electron chi connectivity index (χ0n) is 10.2. The van der Waals surface area contributed by atoms with E-state index in [0.29, 0.717) is 6.54 Å². The zero-order valence-corrected chi connectivity index (χ0v) is 10.2. The molecule has 0 unspecified atom stereocenters. The van der Waals surface area contributed by atoms with Gasteiger partial charge in [-0.15, -0.1) is 0 Å². The van der Waals surface area contributed by atoms with Gasteiger partial charge in [-0.2, -0.15) is 0 Å². The number of hydrogen-bond acceptors (Lipinski definition) is 3. The third-order valence-electron chi connectivity index (χ3n) is 3.10. The van der Waals surface area contributed by atoms with Crippen molar-refractivity contribution in [3.8, 4) is 0 Å². The van der Waals surface area contributed by atoms with E-state index in [1.54, 1.807) is 6.07 Å². The number of pyridine rings is 1. The maximum atomic E-state index is 12.0. The first kappa shape index (κ1) is 11.7. The van der Waals surface area contributed by atoms with Crippen molar-refractivity contribution < 1.29 is 4.79 Å². The predicted molar refractivity (Wildman–Crippen MR) is 66.1 cm³/mol. The van der Waals surface area contributed by atoms with E-state index >= 15 is 0 Å². The van der Waals surface area contributed by atoms with Crippen LogP contribution in [0.1, 0.15) is 24.6 Å². The van der Waals surface area contributed by atoms with Crippen molar-refractivity contribution in [3.05, 3.63) is 27.5 Å². The highest BCUT2D eigenvalue weighted by molar-refractivity contribution is 5.72. The molecule has 0 atom stereocenters. The van der Waals surface area contributed by atoms with Crippen molar-refractivity contribution in [2.45, 2.75) is 32.9 Å². The average Bonchev–Trinajstić information content (AvgIpc) is 2.75. The summed E-state index contributed by atoms with van der Waals surface area (Å²) in [6.07, 6.45) is 1.95. The van der Waals surface area contributed by atoms with E-state index in [-0.39, 0.29) is 11.3 Å². The normalized spacial score (nSPS) is 13.3. The molecular weight excluding hydrogens is 218 g/mol. The maximum absolute atomic E-state index is 12.0. The highest BCUT2D eigenvalue weighted by atomic mass is 16.1. The van der Waals surface area contributed by atoms with Crippen LogP contribution in [0.5, 0.6) is 0 Å². The lowest BCUT2D eigenvalue weighted by Gasteiger charge is -2.15. The Morgan fingerprint density at radius 2 is 2.29 bits per heavy atom. The number of aromatic nitrogens is 1. The standard InChI is InChI=1S/C12H17N3O2/c1-8(16)14-7-9-10-4-3-5-15(10)12(13-2)6-11(9)17/h6,13H,3-5,7H2,1-2H3,(H,14,16). The van der Waals surface area contributed by atoms with E-state index in [2.05, 4.69) is 15.2 Å². The minimum absolute atomic E-state index is 0.00347. The van der Waals surface area contributed by atoms with Gasteiger partial charge in [0.1, 0.15) is 5.82 Å². The summed E-state index contributed by atoms with van der Waals surface area (Å²) < 4.78 is 2.12. The van der Waals surface area contributed by atoms with Gasteiger partial charge >= 0.3 is 0 Å². The second kappa shape index (κ2) is 4.61. The number of anilines is 1. The molecule has 1 aliphatic rings. The molecular formula is C12H17N3O2. The van der Waals surface area contributed by atoms with E-state index in [1.165, 1.54) is 6.92 Å². The first-order valence-electron chi connectivity index (χ1n) is 5.81. The van der Waals surface area contributed by atoms with Gasteiger partial charge in [-0.3, -0.25) is 9.59 Å². The fourth-order valence-electron chi connectivity index (χ4n) is 2.29. The van der Waals surface area contributed by atoms with Crippen LogP contribution in [0.25, 0.3) is 0 Å². The van der Waals surface area contributed by atoms with E-state index < -0.39 is 0 Å². The van der Waals surface area contributed by atoms with Crippen LogP contribution in [-0.2, 0) is 24.3 Å². The number of nitrogens with zero attached hydrogens (tertiary/aromatic N) is 1. The lowest BCUT2D eigenvalue weighted by atomic mass is 10.1. The molecule has 0 radical (unpaired) electrons. The molecule has 92 valence electrons. The Morgan fingerprint density at radius 3 is 2.94 bits per heavy atom. The van der Waals surface area contributed by atoms with Crippen LogP contribution in [0, 0.1) is 0 Å². The number of carbonyl (C=O) groups is 1. The second-order valence-corrected chi connectivity index (χ2v) is 4.23. The summed E-state index contributed by atoms with van der Waals surface area (Å²) in [6.45, 7) is 2.71. The van der Waals surface area contributed by atoms with Gasteiger partial charge in [-0.1, -0.05) is 0 Å². The minimum atomic E-state index is -0.112. The third kappa shape index (κ3) is 2.18. The Bertz CT molecular complexity index is 505. The van der Waals surface area contributed by atoms with Crippen molar-refractivity contribution in [1.82, 2.24) is 9.88 Å². The molecule has 1 aromatic heterocycles. The van der Waals surface area contributed by atoms with Gasteiger partial charge in [0.2, 0.25) is 5.91 Å². The van der Waals surface area contributed by atoms with Crippen molar-refractivity contribution in [1.29, 1.82) is 0 Å². The summed E-state index contributed by atoms with van der Waals surface area (Å²) in [6, 6.07) is 1.60. The molecule has 2 rings (SSSR count). The van der Waals surface area contributed by atoms with Crippen molar-refractivity contribution >= 4 is 11.7 Å². The summed E-state index contributed by atoms with van der Waals surface area (Å²) in [5.41, 5.74) is 1.77. The van der Waals surface area contributed by atoms with E-state index in [0.717, 1.165) is 36.5 Å². The van der Waals surface area contributed by atoms with Crippen LogP contribution < -0.4 is 16.1 Å². The molecule has 2 heterocycles. The monoisotopic (exact) mass is 235 g/mol. The molecule has 1 aromatic rings. The van der Waals surface area contributed by atoms with Crippen molar-refractivity contribution in [2.75, 3.05) is 12.4 Å². The lowest BCUT2D eigenvalue weighted by Crippen LogP contribution is -2.26. The molecule has 1 amide bonds.